The van der Waals surface area contributed by atoms with Crippen LogP contribution in [0.4, 0.5) is 0 Å². The lowest BCUT2D eigenvalue weighted by Crippen LogP contribution is -2.17. The molecule has 0 aromatic carbocycles. The average molecular weight is 216 g/mol. The van der Waals surface area contributed by atoms with Gasteiger partial charge in [-0.25, -0.2) is 0 Å². The second kappa shape index (κ2) is 11.5. The Bertz CT molecular complexity index is 146. The van der Waals surface area contributed by atoms with Crippen molar-refractivity contribution in [1.82, 2.24) is 0 Å². The number of rotatable bonds is 10. The van der Waals surface area contributed by atoms with Crippen LogP contribution in [0.15, 0.2) is 12.3 Å². The Kier molecular flexibility index (Phi) is 11.1. The van der Waals surface area contributed by atoms with Crippen molar-refractivity contribution in [2.45, 2.75) is 51.6 Å². The molecular weight excluding hydrogens is 192 g/mol. The van der Waals surface area contributed by atoms with Crippen LogP contribution in [0.25, 0.3) is 0 Å². The summed E-state index contributed by atoms with van der Waals surface area (Å²) < 4.78 is 5.02. The third-order valence-corrected chi connectivity index (χ3v) is 2.17. The zero-order valence-corrected chi connectivity index (χ0v) is 9.69. The summed E-state index contributed by atoms with van der Waals surface area (Å²) in [6, 6.07) is 0. The molecule has 0 amide bonds. The lowest BCUT2D eigenvalue weighted by molar-refractivity contribution is 0.0383. The molecular formula is C12H24O3. The fourth-order valence-electron chi connectivity index (χ4n) is 1.22. The Morgan fingerprint density at radius 3 is 2.60 bits per heavy atom. The van der Waals surface area contributed by atoms with Gasteiger partial charge >= 0.3 is 0 Å². The maximum absolute atomic E-state index is 8.95. The van der Waals surface area contributed by atoms with Crippen LogP contribution < -0.4 is 0 Å². The normalized spacial score (nSPS) is 13.3. The number of ether oxygens (including phenoxy) is 1. The topological polar surface area (TPSA) is 49.7 Å². The molecule has 0 radical (unpaired) electrons. The molecule has 0 rings (SSSR count). The number of aliphatic hydroxyl groups excluding tert-OH is 2. The van der Waals surface area contributed by atoms with Crippen LogP contribution >= 0.6 is 0 Å². The Morgan fingerprint density at radius 1 is 1.20 bits per heavy atom. The first-order chi connectivity index (χ1) is 7.31. The van der Waals surface area contributed by atoms with E-state index in [1.807, 2.05) is 6.08 Å². The molecule has 1 atom stereocenters. The van der Waals surface area contributed by atoms with Crippen molar-refractivity contribution in [2.75, 3.05) is 13.2 Å². The van der Waals surface area contributed by atoms with E-state index in [1.165, 1.54) is 32.1 Å². The van der Waals surface area contributed by atoms with Crippen LogP contribution in [-0.4, -0.2) is 29.5 Å². The van der Waals surface area contributed by atoms with Gasteiger partial charge < -0.3 is 14.9 Å². The standard InChI is InChI=1S/C12H24O3/c1-2-3-4-5-6-7-8-9-15-11-12(14)10-13/h8-9,12-14H,2-7,10-11H2,1H3. The monoisotopic (exact) mass is 216 g/mol. The van der Waals surface area contributed by atoms with Gasteiger partial charge in [-0.3, -0.25) is 0 Å². The van der Waals surface area contributed by atoms with Crippen LogP contribution in [0, 0.1) is 0 Å². The molecule has 0 aliphatic rings. The highest BCUT2D eigenvalue weighted by Gasteiger charge is 1.98. The fourth-order valence-corrected chi connectivity index (χ4v) is 1.22. The lowest BCUT2D eigenvalue weighted by Gasteiger charge is -2.05. The number of hydrogen-bond donors (Lipinski definition) is 2. The molecule has 3 nitrogen and oxygen atoms in total. The number of aliphatic hydroxyl groups is 2. The molecule has 0 fully saturated rings. The van der Waals surface area contributed by atoms with Crippen LogP contribution in [0.5, 0.6) is 0 Å². The van der Waals surface area contributed by atoms with E-state index in [0.29, 0.717) is 0 Å². The molecule has 0 bridgehead atoms. The SMILES string of the molecule is CCCCCCCC=COCC(O)CO. The summed E-state index contributed by atoms with van der Waals surface area (Å²) in [4.78, 5) is 0. The largest absolute Gasteiger partial charge is 0.499 e. The molecule has 0 saturated heterocycles. The van der Waals surface area contributed by atoms with Gasteiger partial charge in [-0.15, -0.1) is 0 Å². The Balaban J connectivity index is 3.10. The minimum Gasteiger partial charge on any atom is -0.499 e. The van der Waals surface area contributed by atoms with Gasteiger partial charge in [-0.05, 0) is 18.9 Å². The fraction of sp³-hybridized carbons (Fsp3) is 0.833. The molecule has 0 aliphatic heterocycles. The summed E-state index contributed by atoms with van der Waals surface area (Å²) in [5, 5.41) is 17.5. The average Bonchev–Trinajstić information content (AvgIpc) is 2.26. The molecule has 1 unspecified atom stereocenters. The van der Waals surface area contributed by atoms with Gasteiger partial charge in [-0.2, -0.15) is 0 Å². The van der Waals surface area contributed by atoms with E-state index in [4.69, 9.17) is 14.9 Å². The second-order valence-electron chi connectivity index (χ2n) is 3.74. The second-order valence-corrected chi connectivity index (χ2v) is 3.74. The number of unbranched alkanes of at least 4 members (excludes halogenated alkanes) is 5. The molecule has 0 aliphatic carbocycles. The summed E-state index contributed by atoms with van der Waals surface area (Å²) in [6.45, 7) is 2.13. The lowest BCUT2D eigenvalue weighted by atomic mass is 10.1. The van der Waals surface area contributed by atoms with E-state index in [-0.39, 0.29) is 13.2 Å². The predicted molar refractivity (Wildman–Crippen MR) is 61.6 cm³/mol. The van der Waals surface area contributed by atoms with Crippen LogP contribution in [-0.2, 0) is 4.74 Å². The molecule has 0 aromatic rings. The van der Waals surface area contributed by atoms with Gasteiger partial charge in [0.05, 0.1) is 12.9 Å². The first-order valence-corrected chi connectivity index (χ1v) is 5.86. The maximum atomic E-state index is 8.95. The molecule has 3 heteroatoms. The van der Waals surface area contributed by atoms with E-state index in [2.05, 4.69) is 6.92 Å². The molecule has 90 valence electrons. The molecule has 0 spiro atoms. The summed E-state index contributed by atoms with van der Waals surface area (Å²) in [5.74, 6) is 0. The van der Waals surface area contributed by atoms with Crippen molar-refractivity contribution >= 4 is 0 Å². The number of allylic oxidation sites excluding steroid dienone is 1. The highest BCUT2D eigenvalue weighted by Crippen LogP contribution is 2.05. The Labute approximate surface area is 92.8 Å². The van der Waals surface area contributed by atoms with Crippen LogP contribution in [0.1, 0.15) is 45.4 Å². The quantitative estimate of drug-likeness (QED) is 0.435. The Morgan fingerprint density at radius 2 is 1.93 bits per heavy atom. The third kappa shape index (κ3) is 11.4. The minimum atomic E-state index is -0.765. The van der Waals surface area contributed by atoms with E-state index in [0.717, 1.165) is 6.42 Å². The van der Waals surface area contributed by atoms with Crippen molar-refractivity contribution in [3.05, 3.63) is 12.3 Å². The zero-order chi connectivity index (χ0) is 11.4. The summed E-state index contributed by atoms with van der Waals surface area (Å²) in [7, 11) is 0. The van der Waals surface area contributed by atoms with Crippen molar-refractivity contribution in [2.24, 2.45) is 0 Å². The molecule has 15 heavy (non-hydrogen) atoms. The Hall–Kier alpha value is -0.540. The van der Waals surface area contributed by atoms with Crippen molar-refractivity contribution in [3.8, 4) is 0 Å². The highest BCUT2D eigenvalue weighted by molar-refractivity contribution is 4.73. The van der Waals surface area contributed by atoms with E-state index < -0.39 is 6.10 Å². The molecule has 2 N–H and O–H groups in total. The molecule has 0 saturated carbocycles. The van der Waals surface area contributed by atoms with Crippen molar-refractivity contribution < 1.29 is 14.9 Å². The molecule has 0 heterocycles. The van der Waals surface area contributed by atoms with E-state index in [1.54, 1.807) is 6.26 Å². The number of hydrogen-bond acceptors (Lipinski definition) is 3. The van der Waals surface area contributed by atoms with Crippen LogP contribution in [0.2, 0.25) is 0 Å². The van der Waals surface area contributed by atoms with Crippen molar-refractivity contribution in [1.29, 1.82) is 0 Å². The van der Waals surface area contributed by atoms with Gasteiger partial charge in [0.2, 0.25) is 0 Å². The van der Waals surface area contributed by atoms with E-state index in [9.17, 15) is 0 Å². The predicted octanol–water partition coefficient (Wildman–Crippen LogP) is 2.23. The minimum absolute atomic E-state index is 0.169. The van der Waals surface area contributed by atoms with Gasteiger partial charge in [0.15, 0.2) is 0 Å². The smallest absolute Gasteiger partial charge is 0.115 e. The zero-order valence-electron chi connectivity index (χ0n) is 9.69. The molecule has 0 aromatic heterocycles. The third-order valence-electron chi connectivity index (χ3n) is 2.17. The van der Waals surface area contributed by atoms with Gasteiger partial charge in [0.1, 0.15) is 12.7 Å². The van der Waals surface area contributed by atoms with Gasteiger partial charge in [0, 0.05) is 0 Å². The highest BCUT2D eigenvalue weighted by atomic mass is 16.5. The maximum Gasteiger partial charge on any atom is 0.115 e. The first kappa shape index (κ1) is 14.5. The van der Waals surface area contributed by atoms with Gasteiger partial charge in [-0.1, -0.05) is 32.6 Å². The van der Waals surface area contributed by atoms with E-state index >= 15 is 0 Å². The van der Waals surface area contributed by atoms with Gasteiger partial charge in [0.25, 0.3) is 0 Å². The first-order valence-electron chi connectivity index (χ1n) is 5.86. The summed E-state index contributed by atoms with van der Waals surface area (Å²) >= 11 is 0. The summed E-state index contributed by atoms with van der Waals surface area (Å²) in [6.07, 6.45) is 10.2. The summed E-state index contributed by atoms with van der Waals surface area (Å²) in [5.41, 5.74) is 0. The van der Waals surface area contributed by atoms with Crippen molar-refractivity contribution in [3.63, 3.8) is 0 Å². The van der Waals surface area contributed by atoms with Crippen LogP contribution in [0.3, 0.4) is 0 Å².